The largest absolute Gasteiger partial charge is 0.440 e. The minimum absolute atomic E-state index is 0.0311. The van der Waals surface area contributed by atoms with E-state index in [9.17, 15) is 4.79 Å². The van der Waals surface area contributed by atoms with Crippen molar-refractivity contribution in [1.82, 2.24) is 4.90 Å². The van der Waals surface area contributed by atoms with E-state index in [1.54, 1.807) is 17.0 Å². The Balaban J connectivity index is 2.12. The molecule has 5 heteroatoms. The van der Waals surface area contributed by atoms with Gasteiger partial charge in [0.2, 0.25) is 0 Å². The van der Waals surface area contributed by atoms with Crippen LogP contribution in [-0.2, 0) is 0 Å². The second-order valence-corrected chi connectivity index (χ2v) is 4.64. The molecule has 1 amide bonds. The van der Waals surface area contributed by atoms with Gasteiger partial charge in [-0.25, -0.2) is 0 Å². The van der Waals surface area contributed by atoms with Crippen molar-refractivity contribution in [1.29, 1.82) is 0 Å². The average molecular weight is 258 g/mol. The van der Waals surface area contributed by atoms with Crippen molar-refractivity contribution < 1.29 is 14.3 Å². The Kier molecular flexibility index (Phi) is 4.07. The minimum Gasteiger partial charge on any atom is -0.440 e. The topological polar surface area (TPSA) is 53.7 Å². The number of nitrogens with zero attached hydrogens (tertiary/aromatic N) is 1. The molecule has 0 radical (unpaired) electrons. The first-order valence-electron chi connectivity index (χ1n) is 5.89. The van der Waals surface area contributed by atoms with Crippen molar-refractivity contribution in [3.63, 3.8) is 0 Å². The zero-order chi connectivity index (χ0) is 12.3. The number of aliphatic hydroxyl groups is 1. The number of hydrogen-bond acceptors (Lipinski definition) is 3. The van der Waals surface area contributed by atoms with Gasteiger partial charge in [-0.2, -0.15) is 0 Å². The normalized spacial score (nSPS) is 16.4. The molecule has 1 aliphatic carbocycles. The van der Waals surface area contributed by atoms with Crippen LogP contribution in [0.25, 0.3) is 0 Å². The van der Waals surface area contributed by atoms with Crippen LogP contribution in [0.5, 0.6) is 0 Å². The van der Waals surface area contributed by atoms with E-state index in [4.69, 9.17) is 21.1 Å². The summed E-state index contributed by atoms with van der Waals surface area (Å²) in [6.07, 6.45) is 4.28. The lowest BCUT2D eigenvalue weighted by molar-refractivity contribution is 0.0606. The van der Waals surface area contributed by atoms with Gasteiger partial charge < -0.3 is 14.4 Å². The summed E-state index contributed by atoms with van der Waals surface area (Å²) >= 11 is 5.66. The Morgan fingerprint density at radius 2 is 2.18 bits per heavy atom. The van der Waals surface area contributed by atoms with Crippen molar-refractivity contribution in [2.75, 3.05) is 13.2 Å². The first-order valence-corrected chi connectivity index (χ1v) is 6.27. The molecular weight excluding hydrogens is 242 g/mol. The number of hydrogen-bond donors (Lipinski definition) is 1. The summed E-state index contributed by atoms with van der Waals surface area (Å²) in [4.78, 5) is 13.9. The molecule has 17 heavy (non-hydrogen) atoms. The number of furan rings is 1. The highest BCUT2D eigenvalue weighted by atomic mass is 35.5. The standard InChI is InChI=1S/C12H16ClNO3/c13-11-6-5-10(17-11)12(16)14(7-8-15)9-3-1-2-4-9/h5-6,9,15H,1-4,7-8H2. The van der Waals surface area contributed by atoms with Crippen molar-refractivity contribution in [2.45, 2.75) is 31.7 Å². The predicted octanol–water partition coefficient (Wildman–Crippen LogP) is 2.31. The molecule has 1 N–H and O–H groups in total. The second-order valence-electron chi connectivity index (χ2n) is 4.26. The van der Waals surface area contributed by atoms with Gasteiger partial charge in [0.05, 0.1) is 6.61 Å². The van der Waals surface area contributed by atoms with Gasteiger partial charge in [-0.3, -0.25) is 4.79 Å². The van der Waals surface area contributed by atoms with E-state index in [0.717, 1.165) is 25.7 Å². The molecule has 1 aromatic rings. The monoisotopic (exact) mass is 257 g/mol. The highest BCUT2D eigenvalue weighted by molar-refractivity contribution is 6.29. The number of carbonyl (C=O) groups is 1. The third kappa shape index (κ3) is 2.82. The minimum atomic E-state index is -0.183. The maximum Gasteiger partial charge on any atom is 0.289 e. The van der Waals surface area contributed by atoms with Crippen molar-refractivity contribution in [2.24, 2.45) is 0 Å². The number of halogens is 1. The van der Waals surface area contributed by atoms with Gasteiger partial charge in [0.1, 0.15) is 0 Å². The van der Waals surface area contributed by atoms with E-state index in [2.05, 4.69) is 0 Å². The van der Waals surface area contributed by atoms with Gasteiger partial charge in [0.15, 0.2) is 11.0 Å². The van der Waals surface area contributed by atoms with E-state index in [-0.39, 0.29) is 29.5 Å². The second kappa shape index (κ2) is 5.56. The van der Waals surface area contributed by atoms with E-state index >= 15 is 0 Å². The van der Waals surface area contributed by atoms with Gasteiger partial charge in [-0.1, -0.05) is 12.8 Å². The van der Waals surface area contributed by atoms with E-state index in [1.807, 2.05) is 0 Å². The molecule has 0 spiro atoms. The molecule has 0 saturated heterocycles. The quantitative estimate of drug-likeness (QED) is 0.901. The summed E-state index contributed by atoms with van der Waals surface area (Å²) in [6.45, 7) is 0.318. The van der Waals surface area contributed by atoms with E-state index in [1.165, 1.54) is 0 Å². The maximum absolute atomic E-state index is 12.2. The fourth-order valence-electron chi connectivity index (χ4n) is 2.34. The molecule has 0 unspecified atom stereocenters. The molecule has 4 nitrogen and oxygen atoms in total. The zero-order valence-electron chi connectivity index (χ0n) is 9.56. The summed E-state index contributed by atoms with van der Waals surface area (Å²) in [5.74, 6) is 0.0631. The summed E-state index contributed by atoms with van der Waals surface area (Å²) in [5.41, 5.74) is 0. The summed E-state index contributed by atoms with van der Waals surface area (Å²) < 4.78 is 5.12. The maximum atomic E-state index is 12.2. The van der Waals surface area contributed by atoms with Crippen LogP contribution >= 0.6 is 11.6 Å². The Morgan fingerprint density at radius 1 is 1.47 bits per heavy atom. The molecule has 0 atom stereocenters. The van der Waals surface area contributed by atoms with Crippen LogP contribution in [0.3, 0.4) is 0 Å². The van der Waals surface area contributed by atoms with Crippen LogP contribution in [0, 0.1) is 0 Å². The summed E-state index contributed by atoms with van der Waals surface area (Å²) in [5, 5.41) is 9.26. The Morgan fingerprint density at radius 3 is 2.71 bits per heavy atom. The molecular formula is C12H16ClNO3. The fourth-order valence-corrected chi connectivity index (χ4v) is 2.49. The smallest absolute Gasteiger partial charge is 0.289 e. The lowest BCUT2D eigenvalue weighted by Crippen LogP contribution is -2.40. The molecule has 1 aliphatic rings. The van der Waals surface area contributed by atoms with Gasteiger partial charge >= 0.3 is 0 Å². The zero-order valence-corrected chi connectivity index (χ0v) is 10.3. The first-order chi connectivity index (χ1) is 8.22. The molecule has 1 fully saturated rings. The molecule has 1 aromatic heterocycles. The number of amides is 1. The van der Waals surface area contributed by atoms with Gasteiger partial charge in [0.25, 0.3) is 5.91 Å². The molecule has 0 bridgehead atoms. The first kappa shape index (κ1) is 12.5. The molecule has 1 saturated carbocycles. The van der Waals surface area contributed by atoms with Crippen LogP contribution < -0.4 is 0 Å². The summed E-state index contributed by atoms with van der Waals surface area (Å²) in [7, 11) is 0. The van der Waals surface area contributed by atoms with Crippen LogP contribution in [-0.4, -0.2) is 35.1 Å². The molecule has 2 rings (SSSR count). The highest BCUT2D eigenvalue weighted by Crippen LogP contribution is 2.25. The SMILES string of the molecule is O=C(c1ccc(Cl)o1)N(CCO)C1CCCC1. The predicted molar refractivity (Wildman–Crippen MR) is 64.1 cm³/mol. The van der Waals surface area contributed by atoms with Crippen molar-refractivity contribution in [3.05, 3.63) is 23.1 Å². The highest BCUT2D eigenvalue weighted by Gasteiger charge is 2.28. The third-order valence-electron chi connectivity index (χ3n) is 3.15. The van der Waals surface area contributed by atoms with Gasteiger partial charge in [-0.15, -0.1) is 0 Å². The van der Waals surface area contributed by atoms with Crippen LogP contribution in [0.1, 0.15) is 36.2 Å². The lowest BCUT2D eigenvalue weighted by atomic mass is 10.2. The van der Waals surface area contributed by atoms with Gasteiger partial charge in [-0.05, 0) is 36.6 Å². The molecule has 0 aromatic carbocycles. The Labute approximate surface area is 105 Å². The van der Waals surface area contributed by atoms with Gasteiger partial charge in [0, 0.05) is 12.6 Å². The van der Waals surface area contributed by atoms with E-state index < -0.39 is 0 Å². The Bertz CT molecular complexity index is 385. The van der Waals surface area contributed by atoms with Crippen LogP contribution in [0.4, 0.5) is 0 Å². The average Bonchev–Trinajstić information content (AvgIpc) is 2.95. The Hall–Kier alpha value is -1.00. The number of carbonyl (C=O) groups excluding carboxylic acids is 1. The third-order valence-corrected chi connectivity index (χ3v) is 3.35. The molecule has 1 heterocycles. The van der Waals surface area contributed by atoms with Crippen LogP contribution in [0.15, 0.2) is 16.5 Å². The number of aliphatic hydroxyl groups excluding tert-OH is 1. The van der Waals surface area contributed by atoms with Crippen LogP contribution in [0.2, 0.25) is 5.22 Å². The van der Waals surface area contributed by atoms with E-state index in [0.29, 0.717) is 6.54 Å². The van der Waals surface area contributed by atoms with Crippen molar-refractivity contribution in [3.8, 4) is 0 Å². The number of rotatable bonds is 4. The summed E-state index contributed by atoms with van der Waals surface area (Å²) in [6, 6.07) is 3.35. The lowest BCUT2D eigenvalue weighted by Gasteiger charge is -2.27. The molecule has 94 valence electrons. The molecule has 0 aliphatic heterocycles. The fraction of sp³-hybridized carbons (Fsp3) is 0.583. The van der Waals surface area contributed by atoms with Crippen molar-refractivity contribution >= 4 is 17.5 Å².